The highest BCUT2D eigenvalue weighted by atomic mass is 16.3. The molecular formula is C11H17N5O. The molecule has 2 saturated heterocycles. The summed E-state index contributed by atoms with van der Waals surface area (Å²) >= 11 is 0. The standard InChI is InChI=1S/C11H17N5O/c12-9-5-10(15-11(13)14-9)16-6-1-2-7(16)4-8(17)3-6/h5-8,17H,1-4H2,(H4,12,13,14,15). The van der Waals surface area contributed by atoms with Crippen molar-refractivity contribution in [1.29, 1.82) is 0 Å². The van der Waals surface area contributed by atoms with Gasteiger partial charge in [0.25, 0.3) is 0 Å². The Balaban J connectivity index is 1.94. The maximum absolute atomic E-state index is 9.76. The van der Waals surface area contributed by atoms with Crippen molar-refractivity contribution >= 4 is 17.6 Å². The minimum absolute atomic E-state index is 0.180. The Bertz CT molecular complexity index is 404. The van der Waals surface area contributed by atoms with Crippen LogP contribution in [0.4, 0.5) is 17.6 Å². The van der Waals surface area contributed by atoms with Crippen LogP contribution in [0.2, 0.25) is 0 Å². The van der Waals surface area contributed by atoms with E-state index in [0.717, 1.165) is 31.5 Å². The molecule has 1 aromatic heterocycles. The number of nitrogens with zero attached hydrogens (tertiary/aromatic N) is 3. The molecule has 6 nitrogen and oxygen atoms in total. The van der Waals surface area contributed by atoms with Gasteiger partial charge in [0, 0.05) is 18.2 Å². The predicted octanol–water partition coefficient (Wildman–Crippen LogP) is 0.133. The number of piperidine rings is 1. The van der Waals surface area contributed by atoms with Crippen LogP contribution in [0, 0.1) is 0 Å². The third-order valence-electron chi connectivity index (χ3n) is 3.72. The Morgan fingerprint density at radius 1 is 1.18 bits per heavy atom. The zero-order valence-corrected chi connectivity index (χ0v) is 9.58. The SMILES string of the molecule is Nc1cc(N2C3CCC2CC(O)C3)nc(N)n1. The molecule has 0 aromatic carbocycles. The van der Waals surface area contributed by atoms with Gasteiger partial charge in [-0.1, -0.05) is 0 Å². The van der Waals surface area contributed by atoms with Gasteiger partial charge in [0.1, 0.15) is 11.6 Å². The molecule has 2 atom stereocenters. The summed E-state index contributed by atoms with van der Waals surface area (Å²) in [6, 6.07) is 2.48. The largest absolute Gasteiger partial charge is 0.393 e. The van der Waals surface area contributed by atoms with Crippen molar-refractivity contribution in [2.75, 3.05) is 16.4 Å². The number of nitrogens with two attached hydrogens (primary N) is 2. The highest BCUT2D eigenvalue weighted by Gasteiger charge is 2.40. The topological polar surface area (TPSA) is 101 Å². The Labute approximate surface area is 99.6 Å². The molecule has 2 aliphatic rings. The lowest BCUT2D eigenvalue weighted by Crippen LogP contribution is -2.45. The van der Waals surface area contributed by atoms with Gasteiger partial charge in [-0.05, 0) is 25.7 Å². The summed E-state index contributed by atoms with van der Waals surface area (Å²) in [4.78, 5) is 10.4. The van der Waals surface area contributed by atoms with E-state index in [2.05, 4.69) is 14.9 Å². The third kappa shape index (κ3) is 1.78. The van der Waals surface area contributed by atoms with Gasteiger partial charge in [-0.25, -0.2) is 0 Å². The number of fused-ring (bicyclic) bond motifs is 2. The van der Waals surface area contributed by atoms with Crippen LogP contribution in [0.5, 0.6) is 0 Å². The lowest BCUT2D eigenvalue weighted by molar-refractivity contribution is 0.126. The lowest BCUT2D eigenvalue weighted by atomic mass is 10.00. The van der Waals surface area contributed by atoms with Crippen LogP contribution < -0.4 is 16.4 Å². The number of rotatable bonds is 1. The molecule has 3 heterocycles. The van der Waals surface area contributed by atoms with E-state index >= 15 is 0 Å². The molecule has 2 aliphatic heterocycles. The highest BCUT2D eigenvalue weighted by Crippen LogP contribution is 2.38. The molecule has 92 valence electrons. The summed E-state index contributed by atoms with van der Waals surface area (Å²) in [6.45, 7) is 0. The minimum Gasteiger partial charge on any atom is -0.393 e. The van der Waals surface area contributed by atoms with Gasteiger partial charge in [-0.2, -0.15) is 9.97 Å². The Kier molecular flexibility index (Phi) is 2.32. The van der Waals surface area contributed by atoms with Crippen molar-refractivity contribution in [2.45, 2.75) is 43.9 Å². The molecule has 17 heavy (non-hydrogen) atoms. The van der Waals surface area contributed by atoms with Gasteiger partial charge in [0.15, 0.2) is 0 Å². The van der Waals surface area contributed by atoms with E-state index in [1.54, 1.807) is 6.07 Å². The first-order valence-corrected chi connectivity index (χ1v) is 6.00. The molecule has 0 saturated carbocycles. The number of hydrogen-bond acceptors (Lipinski definition) is 6. The molecule has 2 unspecified atom stereocenters. The van der Waals surface area contributed by atoms with Crippen LogP contribution in [0.3, 0.4) is 0 Å². The normalized spacial score (nSPS) is 31.8. The fourth-order valence-corrected chi connectivity index (χ4v) is 3.13. The average Bonchev–Trinajstić information content (AvgIpc) is 2.50. The molecule has 0 radical (unpaired) electrons. The second-order valence-electron chi connectivity index (χ2n) is 4.93. The molecule has 2 fully saturated rings. The number of aromatic nitrogens is 2. The molecular weight excluding hydrogens is 218 g/mol. The maximum Gasteiger partial charge on any atom is 0.223 e. The molecule has 0 amide bonds. The second-order valence-corrected chi connectivity index (χ2v) is 4.93. The fourth-order valence-electron chi connectivity index (χ4n) is 3.13. The van der Waals surface area contributed by atoms with Crippen LogP contribution in [0.15, 0.2) is 6.07 Å². The van der Waals surface area contributed by atoms with Crippen molar-refractivity contribution in [3.63, 3.8) is 0 Å². The lowest BCUT2D eigenvalue weighted by Gasteiger charge is -2.38. The minimum atomic E-state index is -0.180. The van der Waals surface area contributed by atoms with E-state index < -0.39 is 0 Å². The fraction of sp³-hybridized carbons (Fsp3) is 0.636. The average molecular weight is 235 g/mol. The summed E-state index contributed by atoms with van der Waals surface area (Å²) < 4.78 is 0. The first-order chi connectivity index (χ1) is 8.13. The van der Waals surface area contributed by atoms with Crippen molar-refractivity contribution in [3.05, 3.63) is 6.07 Å². The first kappa shape index (κ1) is 10.6. The van der Waals surface area contributed by atoms with Crippen molar-refractivity contribution in [3.8, 4) is 0 Å². The number of aliphatic hydroxyl groups is 1. The zero-order chi connectivity index (χ0) is 12.0. The van der Waals surface area contributed by atoms with Crippen molar-refractivity contribution < 1.29 is 5.11 Å². The Morgan fingerprint density at radius 3 is 2.41 bits per heavy atom. The summed E-state index contributed by atoms with van der Waals surface area (Å²) in [5, 5.41) is 9.76. The molecule has 1 aromatic rings. The Hall–Kier alpha value is -1.56. The maximum atomic E-state index is 9.76. The summed E-state index contributed by atoms with van der Waals surface area (Å²) in [5.41, 5.74) is 11.3. The monoisotopic (exact) mass is 235 g/mol. The van der Waals surface area contributed by atoms with E-state index in [0.29, 0.717) is 17.9 Å². The van der Waals surface area contributed by atoms with Gasteiger partial charge >= 0.3 is 0 Å². The zero-order valence-electron chi connectivity index (χ0n) is 9.58. The predicted molar refractivity (Wildman–Crippen MR) is 65.4 cm³/mol. The van der Waals surface area contributed by atoms with Crippen molar-refractivity contribution in [2.24, 2.45) is 0 Å². The molecule has 0 spiro atoms. The molecule has 0 aliphatic carbocycles. The van der Waals surface area contributed by atoms with Gasteiger partial charge in [-0.15, -0.1) is 0 Å². The summed E-state index contributed by atoms with van der Waals surface area (Å²) in [6.07, 6.45) is 3.64. The number of nitrogen functional groups attached to an aromatic ring is 2. The first-order valence-electron chi connectivity index (χ1n) is 6.00. The van der Waals surface area contributed by atoms with Crippen LogP contribution in [-0.2, 0) is 0 Å². The van der Waals surface area contributed by atoms with E-state index in [1.165, 1.54) is 0 Å². The number of anilines is 3. The van der Waals surface area contributed by atoms with Gasteiger partial charge in [0.05, 0.1) is 6.10 Å². The summed E-state index contributed by atoms with van der Waals surface area (Å²) in [7, 11) is 0. The van der Waals surface area contributed by atoms with E-state index in [1.807, 2.05) is 0 Å². The smallest absolute Gasteiger partial charge is 0.223 e. The highest BCUT2D eigenvalue weighted by molar-refractivity contribution is 5.53. The molecule has 5 N–H and O–H groups in total. The summed E-state index contributed by atoms with van der Waals surface area (Å²) in [5.74, 6) is 1.41. The Morgan fingerprint density at radius 2 is 1.82 bits per heavy atom. The van der Waals surface area contributed by atoms with Crippen LogP contribution >= 0.6 is 0 Å². The van der Waals surface area contributed by atoms with Crippen molar-refractivity contribution in [1.82, 2.24) is 9.97 Å². The second kappa shape index (κ2) is 3.73. The molecule has 6 heteroatoms. The molecule has 2 bridgehead atoms. The van der Waals surface area contributed by atoms with Crippen LogP contribution in [0.1, 0.15) is 25.7 Å². The number of aliphatic hydroxyl groups excluding tert-OH is 1. The third-order valence-corrected chi connectivity index (χ3v) is 3.72. The van der Waals surface area contributed by atoms with E-state index in [4.69, 9.17) is 11.5 Å². The van der Waals surface area contributed by atoms with Gasteiger partial charge in [0.2, 0.25) is 5.95 Å². The molecule has 3 rings (SSSR count). The van der Waals surface area contributed by atoms with E-state index in [-0.39, 0.29) is 12.1 Å². The quantitative estimate of drug-likeness (QED) is 0.639. The van der Waals surface area contributed by atoms with Crippen LogP contribution in [0.25, 0.3) is 0 Å². The van der Waals surface area contributed by atoms with Gasteiger partial charge < -0.3 is 21.5 Å². The van der Waals surface area contributed by atoms with E-state index in [9.17, 15) is 5.11 Å². The van der Waals surface area contributed by atoms with Crippen LogP contribution in [-0.4, -0.2) is 33.3 Å². The number of hydrogen-bond donors (Lipinski definition) is 3. The van der Waals surface area contributed by atoms with Gasteiger partial charge in [-0.3, -0.25) is 0 Å².